The maximum absolute atomic E-state index is 5.77. The SMILES string of the molecule is CCNc1ccnc(COc2ccc(C)c(C)c2)c1. The largest absolute Gasteiger partial charge is 0.487 e. The Morgan fingerprint density at radius 1 is 1.11 bits per heavy atom. The molecule has 2 aromatic rings. The first-order valence-electron chi connectivity index (χ1n) is 6.58. The van der Waals surface area contributed by atoms with E-state index in [0.717, 1.165) is 23.7 Å². The molecule has 0 bridgehead atoms. The molecule has 0 amide bonds. The van der Waals surface area contributed by atoms with Crippen LogP contribution in [-0.4, -0.2) is 11.5 Å². The topological polar surface area (TPSA) is 34.2 Å². The van der Waals surface area contributed by atoms with Crippen molar-refractivity contribution in [2.45, 2.75) is 27.4 Å². The summed E-state index contributed by atoms with van der Waals surface area (Å²) in [6.45, 7) is 7.65. The lowest BCUT2D eigenvalue weighted by Gasteiger charge is -2.09. The number of ether oxygens (including phenoxy) is 1. The fourth-order valence-corrected chi connectivity index (χ4v) is 1.83. The highest BCUT2D eigenvalue weighted by atomic mass is 16.5. The first-order chi connectivity index (χ1) is 9.19. The first kappa shape index (κ1) is 13.4. The van der Waals surface area contributed by atoms with Gasteiger partial charge in [-0.15, -0.1) is 0 Å². The van der Waals surface area contributed by atoms with Crippen molar-refractivity contribution in [3.63, 3.8) is 0 Å². The summed E-state index contributed by atoms with van der Waals surface area (Å²) in [5.41, 5.74) is 4.53. The Bertz CT molecular complexity index is 552. The Morgan fingerprint density at radius 3 is 2.68 bits per heavy atom. The molecule has 1 aromatic carbocycles. The van der Waals surface area contributed by atoms with Crippen LogP contribution in [0.4, 0.5) is 5.69 Å². The minimum Gasteiger partial charge on any atom is -0.487 e. The number of hydrogen-bond acceptors (Lipinski definition) is 3. The van der Waals surface area contributed by atoms with E-state index in [2.05, 4.69) is 43.2 Å². The molecule has 1 N–H and O–H groups in total. The second-order valence-electron chi connectivity index (χ2n) is 4.60. The molecule has 0 unspecified atom stereocenters. The van der Waals surface area contributed by atoms with Gasteiger partial charge in [0.15, 0.2) is 0 Å². The van der Waals surface area contributed by atoms with E-state index in [4.69, 9.17) is 4.74 Å². The molecule has 1 heterocycles. The summed E-state index contributed by atoms with van der Waals surface area (Å²) < 4.78 is 5.77. The number of nitrogens with zero attached hydrogens (tertiary/aromatic N) is 1. The van der Waals surface area contributed by atoms with E-state index in [9.17, 15) is 0 Å². The van der Waals surface area contributed by atoms with Crippen molar-refractivity contribution in [1.82, 2.24) is 4.98 Å². The molecule has 0 fully saturated rings. The van der Waals surface area contributed by atoms with Gasteiger partial charge in [0, 0.05) is 18.4 Å². The number of anilines is 1. The van der Waals surface area contributed by atoms with Gasteiger partial charge in [0.2, 0.25) is 0 Å². The molecule has 0 saturated heterocycles. The normalized spacial score (nSPS) is 10.3. The van der Waals surface area contributed by atoms with E-state index in [-0.39, 0.29) is 0 Å². The summed E-state index contributed by atoms with van der Waals surface area (Å²) in [6, 6.07) is 10.1. The van der Waals surface area contributed by atoms with E-state index in [0.29, 0.717) is 6.61 Å². The molecule has 3 heteroatoms. The number of pyridine rings is 1. The van der Waals surface area contributed by atoms with Gasteiger partial charge in [0.05, 0.1) is 5.69 Å². The number of benzene rings is 1. The zero-order chi connectivity index (χ0) is 13.7. The highest BCUT2D eigenvalue weighted by Gasteiger charge is 2.00. The van der Waals surface area contributed by atoms with Gasteiger partial charge >= 0.3 is 0 Å². The molecule has 2 rings (SSSR count). The van der Waals surface area contributed by atoms with Crippen LogP contribution in [0.3, 0.4) is 0 Å². The fourth-order valence-electron chi connectivity index (χ4n) is 1.83. The standard InChI is InChI=1S/C16H20N2O/c1-4-17-14-7-8-18-15(10-14)11-19-16-6-5-12(2)13(3)9-16/h5-10H,4,11H2,1-3H3,(H,17,18). The fraction of sp³-hybridized carbons (Fsp3) is 0.312. The molecule has 0 radical (unpaired) electrons. The predicted octanol–water partition coefficient (Wildman–Crippen LogP) is 3.71. The summed E-state index contributed by atoms with van der Waals surface area (Å²) in [6.07, 6.45) is 1.80. The maximum Gasteiger partial charge on any atom is 0.130 e. The first-order valence-corrected chi connectivity index (χ1v) is 6.58. The van der Waals surface area contributed by atoms with Crippen LogP contribution >= 0.6 is 0 Å². The maximum atomic E-state index is 5.77. The Hall–Kier alpha value is -2.03. The van der Waals surface area contributed by atoms with Gasteiger partial charge < -0.3 is 10.1 Å². The van der Waals surface area contributed by atoms with Crippen molar-refractivity contribution in [3.05, 3.63) is 53.3 Å². The number of rotatable bonds is 5. The highest BCUT2D eigenvalue weighted by molar-refractivity contribution is 5.43. The summed E-state index contributed by atoms with van der Waals surface area (Å²) in [5, 5.41) is 3.27. The summed E-state index contributed by atoms with van der Waals surface area (Å²) >= 11 is 0. The second-order valence-corrected chi connectivity index (χ2v) is 4.60. The minimum atomic E-state index is 0.488. The number of hydrogen-bond donors (Lipinski definition) is 1. The molecule has 0 aliphatic rings. The zero-order valence-corrected chi connectivity index (χ0v) is 11.7. The molecule has 100 valence electrons. The highest BCUT2D eigenvalue weighted by Crippen LogP contribution is 2.18. The average molecular weight is 256 g/mol. The van der Waals surface area contributed by atoms with Gasteiger partial charge in [-0.2, -0.15) is 0 Å². The van der Waals surface area contributed by atoms with E-state index in [1.165, 1.54) is 11.1 Å². The van der Waals surface area contributed by atoms with Crippen molar-refractivity contribution in [3.8, 4) is 5.75 Å². The van der Waals surface area contributed by atoms with Crippen molar-refractivity contribution >= 4 is 5.69 Å². The van der Waals surface area contributed by atoms with Crippen molar-refractivity contribution in [2.24, 2.45) is 0 Å². The lowest BCUT2D eigenvalue weighted by atomic mass is 10.1. The summed E-state index contributed by atoms with van der Waals surface area (Å²) in [7, 11) is 0. The molecule has 19 heavy (non-hydrogen) atoms. The smallest absolute Gasteiger partial charge is 0.130 e. The molecule has 0 atom stereocenters. The van der Waals surface area contributed by atoms with Crippen LogP contribution in [0.15, 0.2) is 36.5 Å². The van der Waals surface area contributed by atoms with Gasteiger partial charge in [0.25, 0.3) is 0 Å². The molecule has 0 saturated carbocycles. The average Bonchev–Trinajstić information content (AvgIpc) is 2.41. The third-order valence-corrected chi connectivity index (χ3v) is 3.06. The van der Waals surface area contributed by atoms with Crippen molar-refractivity contribution < 1.29 is 4.74 Å². The van der Waals surface area contributed by atoms with Gasteiger partial charge in [-0.25, -0.2) is 0 Å². The Labute approximate surface area is 114 Å². The molecular weight excluding hydrogens is 236 g/mol. The molecular formula is C16H20N2O. The van der Waals surface area contributed by atoms with Gasteiger partial charge in [-0.3, -0.25) is 4.98 Å². The van der Waals surface area contributed by atoms with Crippen LogP contribution in [-0.2, 0) is 6.61 Å². The van der Waals surface area contributed by atoms with Gasteiger partial charge in [0.1, 0.15) is 12.4 Å². The molecule has 0 aliphatic carbocycles. The molecule has 0 aliphatic heterocycles. The van der Waals surface area contributed by atoms with E-state index >= 15 is 0 Å². The van der Waals surface area contributed by atoms with Gasteiger partial charge in [-0.1, -0.05) is 6.07 Å². The summed E-state index contributed by atoms with van der Waals surface area (Å²) in [4.78, 5) is 4.31. The Kier molecular flexibility index (Phi) is 4.39. The van der Waals surface area contributed by atoms with Crippen LogP contribution in [0.25, 0.3) is 0 Å². The van der Waals surface area contributed by atoms with Crippen molar-refractivity contribution in [1.29, 1.82) is 0 Å². The van der Waals surface area contributed by atoms with Crippen LogP contribution in [0, 0.1) is 13.8 Å². The molecule has 1 aromatic heterocycles. The molecule has 0 spiro atoms. The zero-order valence-electron chi connectivity index (χ0n) is 11.7. The Balaban J connectivity index is 2.01. The second kappa shape index (κ2) is 6.23. The molecule has 3 nitrogen and oxygen atoms in total. The number of aryl methyl sites for hydroxylation is 2. The predicted molar refractivity (Wildman–Crippen MR) is 78.6 cm³/mol. The van der Waals surface area contributed by atoms with E-state index in [1.807, 2.05) is 18.2 Å². The lowest BCUT2D eigenvalue weighted by molar-refractivity contribution is 0.301. The quantitative estimate of drug-likeness (QED) is 0.885. The monoisotopic (exact) mass is 256 g/mol. The van der Waals surface area contributed by atoms with E-state index in [1.54, 1.807) is 6.20 Å². The van der Waals surface area contributed by atoms with Crippen LogP contribution < -0.4 is 10.1 Å². The number of aromatic nitrogens is 1. The van der Waals surface area contributed by atoms with Crippen molar-refractivity contribution in [2.75, 3.05) is 11.9 Å². The number of nitrogens with one attached hydrogen (secondary N) is 1. The van der Waals surface area contributed by atoms with E-state index < -0.39 is 0 Å². The minimum absolute atomic E-state index is 0.488. The van der Waals surface area contributed by atoms with Crippen LogP contribution in [0.5, 0.6) is 5.75 Å². The third kappa shape index (κ3) is 3.71. The van der Waals surface area contributed by atoms with Crippen LogP contribution in [0.2, 0.25) is 0 Å². The Morgan fingerprint density at radius 2 is 1.95 bits per heavy atom. The summed E-state index contributed by atoms with van der Waals surface area (Å²) in [5.74, 6) is 0.888. The third-order valence-electron chi connectivity index (χ3n) is 3.06. The van der Waals surface area contributed by atoms with Gasteiger partial charge in [-0.05, 0) is 56.2 Å². The lowest BCUT2D eigenvalue weighted by Crippen LogP contribution is -2.01. The van der Waals surface area contributed by atoms with Crippen LogP contribution in [0.1, 0.15) is 23.7 Å².